The van der Waals surface area contributed by atoms with Crippen molar-refractivity contribution in [2.24, 2.45) is 0 Å². The van der Waals surface area contributed by atoms with Crippen molar-refractivity contribution in [3.8, 4) is 11.4 Å². The molecule has 3 rings (SSSR count). The van der Waals surface area contributed by atoms with Crippen molar-refractivity contribution in [2.45, 2.75) is 32.0 Å². The van der Waals surface area contributed by atoms with Crippen molar-refractivity contribution in [2.75, 3.05) is 25.0 Å². The Morgan fingerprint density at radius 2 is 2.04 bits per heavy atom. The normalized spacial score (nSPS) is 17.2. The number of hydrogen-bond acceptors (Lipinski definition) is 5. The van der Waals surface area contributed by atoms with Gasteiger partial charge in [0.25, 0.3) is 0 Å². The van der Waals surface area contributed by atoms with Crippen LogP contribution in [-0.2, 0) is 0 Å². The summed E-state index contributed by atoms with van der Waals surface area (Å²) in [5.74, 6) is 1.02. The maximum absolute atomic E-state index is 12.4. The summed E-state index contributed by atoms with van der Waals surface area (Å²) in [4.78, 5) is 5.65. The number of alkyl halides is 3. The van der Waals surface area contributed by atoms with Crippen molar-refractivity contribution < 1.29 is 17.7 Å². The van der Waals surface area contributed by atoms with Crippen LogP contribution >= 0.6 is 0 Å². The van der Waals surface area contributed by atoms with E-state index in [0.717, 1.165) is 11.3 Å². The minimum absolute atomic E-state index is 0.164. The van der Waals surface area contributed by atoms with E-state index in [2.05, 4.69) is 15.5 Å². The molecule has 0 aliphatic carbocycles. The highest BCUT2D eigenvalue weighted by atomic mass is 19.4. The van der Waals surface area contributed by atoms with E-state index < -0.39 is 12.7 Å². The quantitative estimate of drug-likeness (QED) is 0.923. The number of aryl methyl sites for hydroxylation is 1. The number of likely N-dealkylation sites (tertiary alicyclic amines) is 1. The third kappa shape index (κ3) is 4.47. The maximum atomic E-state index is 12.4. The molecule has 1 aliphatic heterocycles. The molecule has 5 nitrogen and oxygen atoms in total. The summed E-state index contributed by atoms with van der Waals surface area (Å²) in [5, 5.41) is 7.28. The fourth-order valence-corrected chi connectivity index (χ4v) is 2.89. The molecule has 2 heterocycles. The zero-order valence-corrected chi connectivity index (χ0v) is 13.3. The van der Waals surface area contributed by atoms with Crippen molar-refractivity contribution >= 4 is 5.69 Å². The predicted octanol–water partition coefficient (Wildman–Crippen LogP) is 3.48. The number of hydrogen-bond donors (Lipinski definition) is 1. The summed E-state index contributed by atoms with van der Waals surface area (Å²) in [6.45, 7) is 1.79. The van der Waals surface area contributed by atoms with Gasteiger partial charge in [-0.1, -0.05) is 17.3 Å². The van der Waals surface area contributed by atoms with Gasteiger partial charge in [-0.25, -0.2) is 0 Å². The molecule has 8 heteroatoms. The monoisotopic (exact) mass is 340 g/mol. The Bertz CT molecular complexity index is 678. The van der Waals surface area contributed by atoms with E-state index in [9.17, 15) is 13.2 Å². The van der Waals surface area contributed by atoms with Gasteiger partial charge < -0.3 is 9.84 Å². The van der Waals surface area contributed by atoms with Gasteiger partial charge in [0.05, 0.1) is 6.54 Å². The van der Waals surface area contributed by atoms with Crippen LogP contribution in [0.1, 0.15) is 18.7 Å². The lowest BCUT2D eigenvalue weighted by molar-refractivity contribution is -0.147. The maximum Gasteiger partial charge on any atom is 0.401 e. The van der Waals surface area contributed by atoms with Crippen LogP contribution < -0.4 is 5.32 Å². The van der Waals surface area contributed by atoms with Crippen molar-refractivity contribution in [3.05, 3.63) is 30.2 Å². The minimum Gasteiger partial charge on any atom is -0.382 e. The van der Waals surface area contributed by atoms with E-state index in [1.165, 1.54) is 4.90 Å². The molecule has 130 valence electrons. The first-order chi connectivity index (χ1) is 11.4. The van der Waals surface area contributed by atoms with Crippen LogP contribution in [0.25, 0.3) is 11.4 Å². The second-order valence-corrected chi connectivity index (χ2v) is 6.03. The van der Waals surface area contributed by atoms with Crippen molar-refractivity contribution in [1.82, 2.24) is 15.0 Å². The number of anilines is 1. The molecule has 24 heavy (non-hydrogen) atoms. The molecule has 0 saturated carbocycles. The van der Waals surface area contributed by atoms with Crippen molar-refractivity contribution in [3.63, 3.8) is 0 Å². The molecule has 1 aromatic heterocycles. The summed E-state index contributed by atoms with van der Waals surface area (Å²) in [5.41, 5.74) is 1.75. The number of piperidine rings is 1. The average molecular weight is 340 g/mol. The van der Waals surface area contributed by atoms with Crippen LogP contribution in [0.4, 0.5) is 18.9 Å². The molecule has 1 saturated heterocycles. The van der Waals surface area contributed by atoms with Gasteiger partial charge in [-0.3, -0.25) is 4.90 Å². The van der Waals surface area contributed by atoms with Gasteiger partial charge >= 0.3 is 6.18 Å². The molecule has 1 fully saturated rings. The Morgan fingerprint density at radius 3 is 2.67 bits per heavy atom. The zero-order valence-electron chi connectivity index (χ0n) is 13.3. The van der Waals surface area contributed by atoms with E-state index in [0.29, 0.717) is 37.6 Å². The largest absolute Gasteiger partial charge is 0.401 e. The van der Waals surface area contributed by atoms with E-state index >= 15 is 0 Å². The van der Waals surface area contributed by atoms with E-state index in [1.807, 2.05) is 24.3 Å². The van der Waals surface area contributed by atoms with Gasteiger partial charge in [-0.15, -0.1) is 0 Å². The van der Waals surface area contributed by atoms with E-state index in [-0.39, 0.29) is 6.04 Å². The van der Waals surface area contributed by atoms with Gasteiger partial charge in [0.15, 0.2) is 0 Å². The molecule has 0 radical (unpaired) electrons. The summed E-state index contributed by atoms with van der Waals surface area (Å²) in [6.07, 6.45) is -2.76. The lowest BCUT2D eigenvalue weighted by Gasteiger charge is -2.33. The number of nitrogens with zero attached hydrogens (tertiary/aromatic N) is 3. The highest BCUT2D eigenvalue weighted by molar-refractivity contribution is 5.62. The molecule has 0 atom stereocenters. The van der Waals surface area contributed by atoms with Gasteiger partial charge in [0.1, 0.15) is 0 Å². The van der Waals surface area contributed by atoms with Crippen LogP contribution in [0.2, 0.25) is 0 Å². The molecule has 1 N–H and O–H groups in total. The first-order valence-corrected chi connectivity index (χ1v) is 7.85. The summed E-state index contributed by atoms with van der Waals surface area (Å²) < 4.78 is 42.2. The topological polar surface area (TPSA) is 54.2 Å². The Kier molecular flexibility index (Phi) is 4.75. The van der Waals surface area contributed by atoms with Gasteiger partial charge in [0, 0.05) is 37.3 Å². The fraction of sp³-hybridized carbons (Fsp3) is 0.500. The molecule has 2 aromatic rings. The van der Waals surface area contributed by atoms with Crippen molar-refractivity contribution in [1.29, 1.82) is 0 Å². The standard InChI is InChI=1S/C16H19F3N4O/c1-11-20-15(22-24-11)12-3-2-4-14(9-12)21-13-5-7-23(8-6-13)10-16(17,18)19/h2-4,9,13,21H,5-8,10H2,1H3. The Morgan fingerprint density at radius 1 is 1.29 bits per heavy atom. The lowest BCUT2D eigenvalue weighted by atomic mass is 10.0. The highest BCUT2D eigenvalue weighted by Gasteiger charge is 2.32. The van der Waals surface area contributed by atoms with Crippen LogP contribution in [0.3, 0.4) is 0 Å². The molecule has 0 bridgehead atoms. The lowest BCUT2D eigenvalue weighted by Crippen LogP contribution is -2.43. The Labute approximate surface area is 137 Å². The van der Waals surface area contributed by atoms with Crippen LogP contribution in [0.5, 0.6) is 0 Å². The summed E-state index contributed by atoms with van der Waals surface area (Å²) in [6, 6.07) is 7.80. The molecule has 1 aromatic carbocycles. The number of benzene rings is 1. The number of nitrogens with one attached hydrogen (secondary N) is 1. The molecule has 0 amide bonds. The molecule has 0 unspecified atom stereocenters. The molecule has 1 aliphatic rings. The van der Waals surface area contributed by atoms with E-state index in [1.54, 1.807) is 6.92 Å². The SMILES string of the molecule is Cc1nc(-c2cccc(NC3CCN(CC(F)(F)F)CC3)c2)no1. The molecular weight excluding hydrogens is 321 g/mol. The summed E-state index contributed by atoms with van der Waals surface area (Å²) in [7, 11) is 0. The van der Waals surface area contributed by atoms with Gasteiger partial charge in [-0.05, 0) is 25.0 Å². The minimum atomic E-state index is -4.13. The highest BCUT2D eigenvalue weighted by Crippen LogP contribution is 2.24. The average Bonchev–Trinajstić information content (AvgIpc) is 2.95. The van der Waals surface area contributed by atoms with Gasteiger partial charge in [0.2, 0.25) is 11.7 Å². The third-order valence-electron chi connectivity index (χ3n) is 4.01. The van der Waals surface area contributed by atoms with Crippen LogP contribution in [0, 0.1) is 6.92 Å². The molecular formula is C16H19F3N4O. The predicted molar refractivity (Wildman–Crippen MR) is 83.6 cm³/mol. The van der Waals surface area contributed by atoms with Gasteiger partial charge in [-0.2, -0.15) is 18.2 Å². The Balaban J connectivity index is 1.58. The third-order valence-corrected chi connectivity index (χ3v) is 4.01. The fourth-order valence-electron chi connectivity index (χ4n) is 2.89. The number of rotatable bonds is 4. The first-order valence-electron chi connectivity index (χ1n) is 7.85. The zero-order chi connectivity index (χ0) is 17.2. The second-order valence-electron chi connectivity index (χ2n) is 6.03. The smallest absolute Gasteiger partial charge is 0.382 e. The summed E-state index contributed by atoms with van der Waals surface area (Å²) >= 11 is 0. The second kappa shape index (κ2) is 6.80. The van der Waals surface area contributed by atoms with E-state index in [4.69, 9.17) is 4.52 Å². The van der Waals surface area contributed by atoms with Crippen LogP contribution in [-0.4, -0.2) is 46.9 Å². The van der Waals surface area contributed by atoms with Crippen LogP contribution in [0.15, 0.2) is 28.8 Å². The number of aromatic nitrogens is 2. The molecule has 0 spiro atoms. The Hall–Kier alpha value is -2.09. The number of halogens is 3. The first kappa shape index (κ1) is 16.8.